The third-order valence-electron chi connectivity index (χ3n) is 3.50. The lowest BCUT2D eigenvalue weighted by molar-refractivity contribution is -0.139. The number of nitrogens with zero attached hydrogens (tertiary/aromatic N) is 3. The predicted molar refractivity (Wildman–Crippen MR) is 95.8 cm³/mol. The summed E-state index contributed by atoms with van der Waals surface area (Å²) in [4.78, 5) is 9.42. The summed E-state index contributed by atoms with van der Waals surface area (Å²) in [6.45, 7) is 0. The largest absolute Gasteiger partial charge is 0.438 e. The Balaban J connectivity index is 2.01. The van der Waals surface area contributed by atoms with E-state index in [-0.39, 0.29) is 11.7 Å². The molecule has 0 atom stereocenters. The van der Waals surface area contributed by atoms with Crippen molar-refractivity contribution in [1.82, 2.24) is 9.97 Å². The summed E-state index contributed by atoms with van der Waals surface area (Å²) in [5.41, 5.74) is -0.322. The van der Waals surface area contributed by atoms with E-state index in [0.717, 1.165) is 10.7 Å². The van der Waals surface area contributed by atoms with E-state index in [9.17, 15) is 13.2 Å². The second-order valence-electron chi connectivity index (χ2n) is 5.34. The van der Waals surface area contributed by atoms with Gasteiger partial charge in [-0.3, -0.25) is 0 Å². The fraction of sp³-hybridized carbons (Fsp3) is 0.111. The summed E-state index contributed by atoms with van der Waals surface area (Å²) < 4.78 is 46.0. The molecule has 0 amide bonds. The number of ether oxygens (including phenoxy) is 1. The van der Waals surface area contributed by atoms with Crippen LogP contribution in [0, 0.1) is 0 Å². The molecule has 3 rings (SSSR count). The van der Waals surface area contributed by atoms with Gasteiger partial charge in [0, 0.05) is 23.4 Å². The summed E-state index contributed by atoms with van der Waals surface area (Å²) in [6, 6.07) is 15.4. The zero-order valence-electron chi connectivity index (χ0n) is 13.5. The van der Waals surface area contributed by atoms with Crippen LogP contribution in [0.4, 0.5) is 24.8 Å². The van der Waals surface area contributed by atoms with Gasteiger partial charge in [0.05, 0.1) is 0 Å². The molecule has 0 aliphatic carbocycles. The van der Waals surface area contributed by atoms with Crippen molar-refractivity contribution < 1.29 is 17.9 Å². The minimum atomic E-state index is -4.63. The lowest BCUT2D eigenvalue weighted by atomic mass is 10.3. The molecule has 0 radical (unpaired) electrons. The van der Waals surface area contributed by atoms with Gasteiger partial charge in [-0.15, -0.1) is 0 Å². The third kappa shape index (κ3) is 4.13. The first kappa shape index (κ1) is 18.2. The molecule has 3 aromatic rings. The van der Waals surface area contributed by atoms with Crippen LogP contribution in [0.25, 0.3) is 0 Å². The quantitative estimate of drug-likeness (QED) is 0.529. The van der Waals surface area contributed by atoms with Crippen LogP contribution in [-0.2, 0) is 6.18 Å². The fourth-order valence-corrected chi connectivity index (χ4v) is 2.58. The maximum absolute atomic E-state index is 13.3. The lowest BCUT2D eigenvalue weighted by Crippen LogP contribution is -2.16. The Bertz CT molecular complexity index is 904. The molecule has 0 spiro atoms. The zero-order chi connectivity index (χ0) is 18.7. The van der Waals surface area contributed by atoms with Gasteiger partial charge in [-0.2, -0.15) is 18.2 Å². The Kier molecular flexibility index (Phi) is 5.13. The van der Waals surface area contributed by atoms with E-state index in [1.54, 1.807) is 60.5 Å². The fourth-order valence-electron chi connectivity index (χ4n) is 2.19. The van der Waals surface area contributed by atoms with Gasteiger partial charge >= 0.3 is 6.18 Å². The highest BCUT2D eigenvalue weighted by Gasteiger charge is 2.36. The Hall–Kier alpha value is -2.61. The molecule has 1 aromatic heterocycles. The van der Waals surface area contributed by atoms with Crippen molar-refractivity contribution in [2.45, 2.75) is 6.18 Å². The number of para-hydroxylation sites is 1. The molecular weight excluding hydrogens is 411 g/mol. The van der Waals surface area contributed by atoms with Crippen LogP contribution in [0.3, 0.4) is 0 Å². The first-order valence-electron chi connectivity index (χ1n) is 7.51. The van der Waals surface area contributed by atoms with Crippen LogP contribution in [0.1, 0.15) is 5.56 Å². The maximum atomic E-state index is 13.3. The molecule has 26 heavy (non-hydrogen) atoms. The Morgan fingerprint density at radius 2 is 1.77 bits per heavy atom. The average molecular weight is 424 g/mol. The highest BCUT2D eigenvalue weighted by molar-refractivity contribution is 9.10. The minimum Gasteiger partial charge on any atom is -0.438 e. The van der Waals surface area contributed by atoms with Gasteiger partial charge in [0.2, 0.25) is 11.8 Å². The average Bonchev–Trinajstić information content (AvgIpc) is 2.61. The van der Waals surface area contributed by atoms with Gasteiger partial charge in [0.1, 0.15) is 11.3 Å². The first-order chi connectivity index (χ1) is 12.3. The van der Waals surface area contributed by atoms with Crippen molar-refractivity contribution in [2.24, 2.45) is 0 Å². The van der Waals surface area contributed by atoms with Crippen LogP contribution < -0.4 is 9.64 Å². The zero-order valence-corrected chi connectivity index (χ0v) is 15.1. The molecule has 0 aliphatic heterocycles. The lowest BCUT2D eigenvalue weighted by Gasteiger charge is -2.19. The number of aromatic nitrogens is 2. The highest BCUT2D eigenvalue weighted by atomic mass is 79.9. The number of alkyl halides is 3. The van der Waals surface area contributed by atoms with Crippen molar-refractivity contribution in [2.75, 3.05) is 11.9 Å². The molecule has 2 aromatic carbocycles. The van der Waals surface area contributed by atoms with Gasteiger partial charge in [0.25, 0.3) is 0 Å². The van der Waals surface area contributed by atoms with E-state index >= 15 is 0 Å². The van der Waals surface area contributed by atoms with Gasteiger partial charge in [-0.1, -0.05) is 40.2 Å². The molecule has 8 heteroatoms. The molecule has 0 unspecified atom stereocenters. The van der Waals surface area contributed by atoms with Gasteiger partial charge in [-0.25, -0.2) is 4.98 Å². The van der Waals surface area contributed by atoms with Crippen LogP contribution in [0.15, 0.2) is 65.3 Å². The third-order valence-corrected chi connectivity index (χ3v) is 3.99. The van der Waals surface area contributed by atoms with Crippen LogP contribution in [-0.4, -0.2) is 17.0 Å². The maximum Gasteiger partial charge on any atom is 0.423 e. The van der Waals surface area contributed by atoms with Crippen molar-refractivity contribution in [1.29, 1.82) is 0 Å². The van der Waals surface area contributed by atoms with E-state index in [2.05, 4.69) is 25.9 Å². The van der Waals surface area contributed by atoms with Crippen LogP contribution in [0.5, 0.6) is 11.6 Å². The summed E-state index contributed by atoms with van der Waals surface area (Å²) in [5.74, 6) is -0.203. The second-order valence-corrected chi connectivity index (χ2v) is 6.26. The molecule has 0 fully saturated rings. The molecule has 1 heterocycles. The Labute approximate surface area is 156 Å². The smallest absolute Gasteiger partial charge is 0.423 e. The van der Waals surface area contributed by atoms with Gasteiger partial charge in [0.15, 0.2) is 0 Å². The number of hydrogen-bond donors (Lipinski definition) is 0. The summed E-state index contributed by atoms with van der Waals surface area (Å²) in [5, 5.41) is 0. The molecule has 4 nitrogen and oxygen atoms in total. The van der Waals surface area contributed by atoms with E-state index < -0.39 is 17.6 Å². The topological polar surface area (TPSA) is 38.2 Å². The number of hydrogen-bond acceptors (Lipinski definition) is 4. The molecule has 0 N–H and O–H groups in total. The van der Waals surface area contributed by atoms with E-state index in [4.69, 9.17) is 4.74 Å². The molecule has 0 aliphatic rings. The highest BCUT2D eigenvalue weighted by Crippen LogP contribution is 2.37. The van der Waals surface area contributed by atoms with Crippen molar-refractivity contribution >= 4 is 27.6 Å². The number of rotatable bonds is 4. The molecule has 0 bridgehead atoms. The molecule has 0 saturated carbocycles. The molecule has 0 saturated heterocycles. The van der Waals surface area contributed by atoms with Crippen molar-refractivity contribution in [3.8, 4) is 11.6 Å². The molecule has 134 valence electrons. The summed E-state index contributed by atoms with van der Waals surface area (Å²) in [7, 11) is 1.66. The predicted octanol–water partition coefficient (Wildman–Crippen LogP) is 5.82. The summed E-state index contributed by atoms with van der Waals surface area (Å²) >= 11 is 3.36. The number of benzene rings is 2. The minimum absolute atomic E-state index is 0.0852. The molecular formula is C18H13BrF3N3O. The van der Waals surface area contributed by atoms with Gasteiger partial charge < -0.3 is 9.64 Å². The van der Waals surface area contributed by atoms with Crippen molar-refractivity contribution in [3.05, 3.63) is 70.8 Å². The SMILES string of the molecule is CN(c1cccc(Br)c1)c1ncc(C(F)(F)F)c(Oc2ccccc2)n1. The van der Waals surface area contributed by atoms with E-state index in [1.807, 2.05) is 6.07 Å². The van der Waals surface area contributed by atoms with Crippen LogP contribution in [0.2, 0.25) is 0 Å². The second kappa shape index (κ2) is 7.33. The standard InChI is InChI=1S/C18H13BrF3N3O/c1-25(13-7-5-6-12(19)10-13)17-23-11-15(18(20,21)22)16(24-17)26-14-8-3-2-4-9-14/h2-11H,1H3. The van der Waals surface area contributed by atoms with Gasteiger partial charge in [-0.05, 0) is 30.3 Å². The van der Waals surface area contributed by atoms with Crippen LogP contribution >= 0.6 is 15.9 Å². The Morgan fingerprint density at radius 3 is 2.42 bits per heavy atom. The number of anilines is 2. The van der Waals surface area contributed by atoms with Crippen molar-refractivity contribution in [3.63, 3.8) is 0 Å². The monoisotopic (exact) mass is 423 g/mol. The first-order valence-corrected chi connectivity index (χ1v) is 8.30. The Morgan fingerprint density at radius 1 is 1.04 bits per heavy atom. The summed E-state index contributed by atoms with van der Waals surface area (Å²) in [6.07, 6.45) is -3.90. The van der Waals surface area contributed by atoms with E-state index in [1.165, 1.54) is 0 Å². The normalized spacial score (nSPS) is 11.3. The number of halogens is 4. The van der Waals surface area contributed by atoms with E-state index in [0.29, 0.717) is 5.69 Å².